The van der Waals surface area contributed by atoms with Crippen molar-refractivity contribution >= 4 is 23.3 Å². The summed E-state index contributed by atoms with van der Waals surface area (Å²) in [6, 6.07) is 29.6. The quantitative estimate of drug-likeness (QED) is 0.217. The van der Waals surface area contributed by atoms with Crippen molar-refractivity contribution in [2.45, 2.75) is 62.9 Å². The summed E-state index contributed by atoms with van der Waals surface area (Å²) in [5.41, 5.74) is 8.76. The maximum Gasteiger partial charge on any atom is 0.256 e. The number of carbonyl (C=O) groups is 2. The molecule has 2 N–H and O–H groups in total. The van der Waals surface area contributed by atoms with Crippen LogP contribution in [-0.4, -0.2) is 83.6 Å². The second-order valence-electron chi connectivity index (χ2n) is 16.0. The number of phenols is 1. The Morgan fingerprint density at radius 1 is 0.815 bits per heavy atom. The molecule has 3 saturated heterocycles. The molecule has 0 radical (unpaired) electrons. The molecule has 54 heavy (non-hydrogen) atoms. The van der Waals surface area contributed by atoms with Crippen LogP contribution in [0.2, 0.25) is 0 Å². The minimum absolute atomic E-state index is 0.103. The highest BCUT2D eigenvalue weighted by atomic mass is 16.3. The Balaban J connectivity index is 0.777. The van der Waals surface area contributed by atoms with Gasteiger partial charge in [0.15, 0.2) is 0 Å². The van der Waals surface area contributed by atoms with Crippen molar-refractivity contribution < 1.29 is 14.7 Å². The average Bonchev–Trinajstić information content (AvgIpc) is 3.81. The van der Waals surface area contributed by atoms with Crippen molar-refractivity contribution in [2.75, 3.05) is 55.6 Å². The van der Waals surface area contributed by atoms with E-state index in [0.29, 0.717) is 42.5 Å². The molecule has 278 valence electrons. The number of amides is 2. The number of aromatic nitrogens is 1. The van der Waals surface area contributed by atoms with Crippen LogP contribution in [0.4, 0.5) is 11.5 Å². The lowest BCUT2D eigenvalue weighted by Gasteiger charge is -2.36. The predicted molar refractivity (Wildman–Crippen MR) is 212 cm³/mol. The number of rotatable bonds is 8. The number of pyridine rings is 1. The Kier molecular flexibility index (Phi) is 9.35. The summed E-state index contributed by atoms with van der Waals surface area (Å²) in [5, 5.41) is 13.0. The van der Waals surface area contributed by atoms with E-state index in [1.807, 2.05) is 24.3 Å². The van der Waals surface area contributed by atoms with Gasteiger partial charge in [-0.15, -0.1) is 0 Å². The van der Waals surface area contributed by atoms with Crippen LogP contribution in [0.1, 0.15) is 82.2 Å². The van der Waals surface area contributed by atoms with Gasteiger partial charge in [-0.1, -0.05) is 55.1 Å². The molecular formula is C45H50N6O3. The molecule has 4 aliphatic heterocycles. The van der Waals surface area contributed by atoms with Gasteiger partial charge in [-0.05, 0) is 116 Å². The molecule has 9 nitrogen and oxygen atoms in total. The first-order valence-electron chi connectivity index (χ1n) is 19.9. The van der Waals surface area contributed by atoms with Crippen molar-refractivity contribution in [1.82, 2.24) is 20.1 Å². The summed E-state index contributed by atoms with van der Waals surface area (Å²) in [6.07, 6.45) is 5.78. The average molecular weight is 723 g/mol. The zero-order valence-corrected chi connectivity index (χ0v) is 31.0. The fourth-order valence-electron chi connectivity index (χ4n) is 9.72. The van der Waals surface area contributed by atoms with E-state index >= 15 is 0 Å². The van der Waals surface area contributed by atoms with E-state index in [4.69, 9.17) is 4.98 Å². The Bertz CT molecular complexity index is 2040. The molecule has 0 saturated carbocycles. The number of aryl methyl sites for hydroxylation is 1. The highest BCUT2D eigenvalue weighted by Crippen LogP contribution is 2.47. The molecule has 4 atom stereocenters. The number of carbonyl (C=O) groups excluding carboxylic acids is 2. The Morgan fingerprint density at radius 3 is 2.43 bits per heavy atom. The smallest absolute Gasteiger partial charge is 0.256 e. The number of piperidine rings is 1. The number of allylic oxidation sites excluding steroid dienone is 1. The van der Waals surface area contributed by atoms with E-state index in [9.17, 15) is 14.7 Å². The van der Waals surface area contributed by atoms with Gasteiger partial charge in [0, 0.05) is 56.6 Å². The van der Waals surface area contributed by atoms with Crippen LogP contribution in [0.5, 0.6) is 5.75 Å². The Morgan fingerprint density at radius 2 is 1.63 bits per heavy atom. The van der Waals surface area contributed by atoms with Crippen LogP contribution >= 0.6 is 0 Å². The van der Waals surface area contributed by atoms with Crippen LogP contribution in [0, 0.1) is 5.92 Å². The molecule has 3 aromatic carbocycles. The van der Waals surface area contributed by atoms with E-state index in [2.05, 4.69) is 87.3 Å². The number of benzene rings is 3. The molecule has 3 fully saturated rings. The number of nitrogens with one attached hydrogen (secondary N) is 1. The Labute approximate surface area is 318 Å². The molecule has 1 aromatic heterocycles. The third-order valence-electron chi connectivity index (χ3n) is 12.7. The van der Waals surface area contributed by atoms with Gasteiger partial charge in [-0.3, -0.25) is 14.5 Å². The molecular weight excluding hydrogens is 673 g/mol. The van der Waals surface area contributed by atoms with Crippen molar-refractivity contribution in [3.05, 3.63) is 131 Å². The lowest BCUT2D eigenvalue weighted by molar-refractivity contribution is -0.126. The number of hydrogen-bond donors (Lipinski definition) is 2. The normalized spacial score (nSPS) is 24.4. The molecule has 5 heterocycles. The van der Waals surface area contributed by atoms with Crippen LogP contribution in [0.15, 0.2) is 97.2 Å². The first kappa shape index (κ1) is 34.6. The van der Waals surface area contributed by atoms with E-state index in [0.717, 1.165) is 75.9 Å². The zero-order valence-electron chi connectivity index (χ0n) is 31.0. The van der Waals surface area contributed by atoms with Gasteiger partial charge in [0.05, 0.1) is 17.8 Å². The second-order valence-corrected chi connectivity index (χ2v) is 16.0. The first-order chi connectivity index (χ1) is 26.4. The molecule has 9 rings (SSSR count). The summed E-state index contributed by atoms with van der Waals surface area (Å²) in [6.45, 7) is 11.4. The van der Waals surface area contributed by atoms with E-state index in [1.165, 1.54) is 40.8 Å². The fraction of sp³-hybridized carbons (Fsp3) is 0.400. The van der Waals surface area contributed by atoms with Gasteiger partial charge in [0.1, 0.15) is 17.6 Å². The van der Waals surface area contributed by atoms with Gasteiger partial charge in [0.25, 0.3) is 5.91 Å². The summed E-state index contributed by atoms with van der Waals surface area (Å²) >= 11 is 0. The van der Waals surface area contributed by atoms with Crippen molar-refractivity contribution in [3.8, 4) is 5.75 Å². The molecule has 1 aliphatic carbocycles. The summed E-state index contributed by atoms with van der Waals surface area (Å²) < 4.78 is 0. The van der Waals surface area contributed by atoms with Gasteiger partial charge >= 0.3 is 0 Å². The van der Waals surface area contributed by atoms with Gasteiger partial charge in [-0.25, -0.2) is 4.98 Å². The molecule has 2 unspecified atom stereocenters. The zero-order chi connectivity index (χ0) is 36.8. The van der Waals surface area contributed by atoms with Crippen LogP contribution < -0.4 is 15.1 Å². The molecule has 0 bridgehead atoms. The maximum atomic E-state index is 13.2. The van der Waals surface area contributed by atoms with Crippen molar-refractivity contribution in [1.29, 1.82) is 0 Å². The standard InChI is InChI=1S/C45H50N6O3/c1-30-7-17-41(44(53)46-30)51-29-40-39(45(51)54)16-18-42(47-40)49-25-23-48(24-26-49)21-19-31-20-22-50(28-31)35-11-8-33(9-12-35)43-37(32-5-3-2-4-6-32)14-10-34-27-36(52)13-15-38(34)43/h2-6,8-9,11-13,15-16,18,27,31,37,41,43,52H,1,7,10,14,17,19-26,28-29H2,(H,46,53)/t31?,37-,41?,43+/m0/s1. The van der Waals surface area contributed by atoms with Gasteiger partial charge in [0.2, 0.25) is 5.91 Å². The minimum atomic E-state index is -0.465. The van der Waals surface area contributed by atoms with Crippen molar-refractivity contribution in [2.24, 2.45) is 5.92 Å². The van der Waals surface area contributed by atoms with Gasteiger partial charge < -0.3 is 25.1 Å². The third kappa shape index (κ3) is 6.74. The lowest BCUT2D eigenvalue weighted by atomic mass is 9.69. The fourth-order valence-corrected chi connectivity index (χ4v) is 9.72. The van der Waals surface area contributed by atoms with Crippen molar-refractivity contribution in [3.63, 3.8) is 0 Å². The molecule has 9 heteroatoms. The van der Waals surface area contributed by atoms with Crippen LogP contribution in [0.3, 0.4) is 0 Å². The highest BCUT2D eigenvalue weighted by molar-refractivity contribution is 6.01. The number of nitrogens with zero attached hydrogens (tertiary/aromatic N) is 5. The van der Waals surface area contributed by atoms with Crippen LogP contribution in [0.25, 0.3) is 0 Å². The predicted octanol–water partition coefficient (Wildman–Crippen LogP) is 6.44. The molecule has 5 aliphatic rings. The van der Waals surface area contributed by atoms with Crippen LogP contribution in [-0.2, 0) is 17.8 Å². The summed E-state index contributed by atoms with van der Waals surface area (Å²) in [5.74, 6) is 2.39. The van der Waals surface area contributed by atoms with E-state index in [-0.39, 0.29) is 17.7 Å². The second kappa shape index (κ2) is 14.6. The number of anilines is 2. The monoisotopic (exact) mass is 722 g/mol. The number of phenolic OH excluding ortho intramolecular Hbond substituents is 1. The Hall–Kier alpha value is -5.15. The van der Waals surface area contributed by atoms with E-state index in [1.54, 1.807) is 4.90 Å². The summed E-state index contributed by atoms with van der Waals surface area (Å²) in [4.78, 5) is 39.8. The largest absolute Gasteiger partial charge is 0.508 e. The van der Waals surface area contributed by atoms with Gasteiger partial charge in [-0.2, -0.15) is 0 Å². The topological polar surface area (TPSA) is 92.3 Å². The highest BCUT2D eigenvalue weighted by Gasteiger charge is 2.39. The molecule has 4 aromatic rings. The third-order valence-corrected chi connectivity index (χ3v) is 12.7. The molecule has 2 amide bonds. The van der Waals surface area contributed by atoms with E-state index < -0.39 is 6.04 Å². The number of piperazine rings is 1. The number of fused-ring (bicyclic) bond motifs is 2. The number of aromatic hydroxyl groups is 1. The SMILES string of the molecule is C=C1CCC(N2Cc3nc(N4CCN(CCC5CCN(c6ccc([C@H]7c8ccc(O)cc8CC[C@H]7c7ccccc7)cc6)C5)CC4)ccc3C2=O)C(=O)N1. The molecule has 0 spiro atoms. The first-order valence-corrected chi connectivity index (χ1v) is 19.9. The number of hydrogen-bond acceptors (Lipinski definition) is 7. The summed E-state index contributed by atoms with van der Waals surface area (Å²) in [7, 11) is 0. The minimum Gasteiger partial charge on any atom is -0.508 e. The maximum absolute atomic E-state index is 13.2. The lowest BCUT2D eigenvalue weighted by Crippen LogP contribution is -2.49.